The molecule has 1 aromatic heterocycles. The lowest BCUT2D eigenvalue weighted by molar-refractivity contribution is 0.357. The Hall–Kier alpha value is -2.34. The van der Waals surface area contributed by atoms with Gasteiger partial charge in [-0.05, 0) is 42.5 Å². The number of aromatic nitrogens is 2. The predicted molar refractivity (Wildman–Crippen MR) is 97.2 cm³/mol. The van der Waals surface area contributed by atoms with E-state index in [4.69, 9.17) is 4.74 Å². The van der Waals surface area contributed by atoms with E-state index < -0.39 is 0 Å². The van der Waals surface area contributed by atoms with Crippen LogP contribution >= 0.6 is 0 Å². The lowest BCUT2D eigenvalue weighted by atomic mass is 10.0. The highest BCUT2D eigenvalue weighted by atomic mass is 16.5. The van der Waals surface area contributed by atoms with Crippen molar-refractivity contribution in [2.45, 2.75) is 38.3 Å². The van der Waals surface area contributed by atoms with Gasteiger partial charge in [0, 0.05) is 38.2 Å². The van der Waals surface area contributed by atoms with Crippen LogP contribution in [0.4, 0.5) is 5.82 Å². The van der Waals surface area contributed by atoms with Gasteiger partial charge in [-0.1, -0.05) is 12.1 Å². The molecule has 2 aromatic rings. The molecule has 6 nitrogen and oxygen atoms in total. The lowest BCUT2D eigenvalue weighted by Crippen LogP contribution is -2.46. The largest absolute Gasteiger partial charge is 0.493 e. The molecule has 2 aliphatic rings. The van der Waals surface area contributed by atoms with Crippen molar-refractivity contribution in [2.24, 2.45) is 0 Å². The minimum absolute atomic E-state index is 0.156. The average molecular weight is 340 g/mol. The van der Waals surface area contributed by atoms with Gasteiger partial charge in [-0.15, -0.1) is 0 Å². The monoisotopic (exact) mass is 340 g/mol. The first-order valence-corrected chi connectivity index (χ1v) is 9.07. The molecule has 1 atom stereocenters. The van der Waals surface area contributed by atoms with Crippen LogP contribution in [0.15, 0.2) is 35.1 Å². The van der Waals surface area contributed by atoms with Crippen molar-refractivity contribution >= 4 is 5.82 Å². The number of anilines is 1. The van der Waals surface area contributed by atoms with Gasteiger partial charge in [-0.25, -0.2) is 5.10 Å². The molecule has 1 fully saturated rings. The third-order valence-corrected chi connectivity index (χ3v) is 5.05. The van der Waals surface area contributed by atoms with Crippen LogP contribution in [0.2, 0.25) is 0 Å². The van der Waals surface area contributed by atoms with Gasteiger partial charge >= 0.3 is 0 Å². The third-order valence-electron chi connectivity index (χ3n) is 5.05. The van der Waals surface area contributed by atoms with Gasteiger partial charge in [0.15, 0.2) is 0 Å². The summed E-state index contributed by atoms with van der Waals surface area (Å²) in [6, 6.07) is 10.2. The number of hydrogen-bond donors (Lipinski definition) is 2. The highest BCUT2D eigenvalue weighted by Crippen LogP contribution is 2.26. The minimum atomic E-state index is -0.156. The zero-order chi connectivity index (χ0) is 17.1. The smallest absolute Gasteiger partial charge is 0.264 e. The SMILES string of the molecule is O=c1ccc(N2CCCCC2CNCc2ccc3c(c2)CCO3)n[nH]1. The molecule has 0 bridgehead atoms. The molecule has 0 saturated carbocycles. The van der Waals surface area contributed by atoms with Gasteiger partial charge in [0.05, 0.1) is 6.61 Å². The number of benzene rings is 1. The van der Waals surface area contributed by atoms with Gasteiger partial charge in [0.25, 0.3) is 5.56 Å². The molecule has 4 rings (SSSR count). The van der Waals surface area contributed by atoms with Gasteiger partial charge in [0.1, 0.15) is 11.6 Å². The van der Waals surface area contributed by atoms with E-state index in [-0.39, 0.29) is 5.56 Å². The molecule has 25 heavy (non-hydrogen) atoms. The van der Waals surface area contributed by atoms with Crippen molar-refractivity contribution in [3.63, 3.8) is 0 Å². The third kappa shape index (κ3) is 3.69. The molecule has 0 amide bonds. The average Bonchev–Trinajstić information content (AvgIpc) is 3.11. The summed E-state index contributed by atoms with van der Waals surface area (Å²) in [5.74, 6) is 1.90. The summed E-state index contributed by atoms with van der Waals surface area (Å²) in [6.07, 6.45) is 4.56. The summed E-state index contributed by atoms with van der Waals surface area (Å²) in [7, 11) is 0. The van der Waals surface area contributed by atoms with E-state index in [2.05, 4.69) is 38.6 Å². The number of hydrogen-bond acceptors (Lipinski definition) is 5. The Balaban J connectivity index is 1.37. The Morgan fingerprint density at radius 3 is 3.12 bits per heavy atom. The van der Waals surface area contributed by atoms with Gasteiger partial charge in [0.2, 0.25) is 0 Å². The quantitative estimate of drug-likeness (QED) is 0.869. The van der Waals surface area contributed by atoms with Crippen molar-refractivity contribution < 1.29 is 4.74 Å². The zero-order valence-electron chi connectivity index (χ0n) is 14.3. The fourth-order valence-corrected chi connectivity index (χ4v) is 3.74. The van der Waals surface area contributed by atoms with Crippen molar-refractivity contribution in [3.05, 3.63) is 51.8 Å². The predicted octanol–water partition coefficient (Wildman–Crippen LogP) is 1.85. The Bertz CT molecular complexity index is 769. The van der Waals surface area contributed by atoms with Gasteiger partial charge in [-0.2, -0.15) is 5.10 Å². The van der Waals surface area contributed by atoms with E-state index in [1.54, 1.807) is 6.07 Å². The normalized spacial score (nSPS) is 19.5. The number of ether oxygens (including phenoxy) is 1. The molecule has 0 spiro atoms. The van der Waals surface area contributed by atoms with Crippen LogP contribution in [0.3, 0.4) is 0 Å². The number of H-pyrrole nitrogens is 1. The second-order valence-electron chi connectivity index (χ2n) is 6.79. The number of nitrogens with one attached hydrogen (secondary N) is 2. The first kappa shape index (κ1) is 16.1. The summed E-state index contributed by atoms with van der Waals surface area (Å²) in [5, 5.41) is 10.3. The van der Waals surface area contributed by atoms with E-state index in [1.807, 2.05) is 6.07 Å². The molecule has 3 heterocycles. The van der Waals surface area contributed by atoms with Crippen molar-refractivity contribution in [1.82, 2.24) is 15.5 Å². The molecule has 1 aromatic carbocycles. The van der Waals surface area contributed by atoms with Gasteiger partial charge in [-0.3, -0.25) is 4.79 Å². The van der Waals surface area contributed by atoms with Crippen LogP contribution in [-0.2, 0) is 13.0 Å². The Labute approximate surface area is 147 Å². The van der Waals surface area contributed by atoms with Crippen LogP contribution in [0.5, 0.6) is 5.75 Å². The number of rotatable bonds is 5. The zero-order valence-corrected chi connectivity index (χ0v) is 14.3. The maximum atomic E-state index is 11.2. The Morgan fingerprint density at radius 2 is 2.24 bits per heavy atom. The summed E-state index contributed by atoms with van der Waals surface area (Å²) in [5.41, 5.74) is 2.46. The van der Waals surface area contributed by atoms with Crippen LogP contribution in [-0.4, -0.2) is 35.9 Å². The minimum Gasteiger partial charge on any atom is -0.493 e. The molecule has 1 saturated heterocycles. The molecule has 2 N–H and O–H groups in total. The van der Waals surface area contributed by atoms with Crippen molar-refractivity contribution in [3.8, 4) is 5.75 Å². The lowest BCUT2D eigenvalue weighted by Gasteiger charge is -2.36. The van der Waals surface area contributed by atoms with Crippen molar-refractivity contribution in [1.29, 1.82) is 0 Å². The molecule has 6 heteroatoms. The molecule has 0 radical (unpaired) electrons. The molecule has 132 valence electrons. The summed E-state index contributed by atoms with van der Waals surface area (Å²) in [6.45, 7) is 3.56. The van der Waals surface area contributed by atoms with Crippen LogP contribution in [0.25, 0.3) is 0 Å². The number of fused-ring (bicyclic) bond motifs is 1. The van der Waals surface area contributed by atoms with E-state index in [9.17, 15) is 4.79 Å². The van der Waals surface area contributed by atoms with Gasteiger partial charge < -0.3 is 15.0 Å². The molecular formula is C19H24N4O2. The van der Waals surface area contributed by atoms with E-state index in [0.29, 0.717) is 6.04 Å². The highest BCUT2D eigenvalue weighted by Gasteiger charge is 2.23. The summed E-state index contributed by atoms with van der Waals surface area (Å²) in [4.78, 5) is 13.5. The molecule has 1 unspecified atom stereocenters. The van der Waals surface area contributed by atoms with Crippen LogP contribution in [0, 0.1) is 0 Å². The first-order chi connectivity index (χ1) is 12.3. The standard InChI is InChI=1S/C19H24N4O2/c24-19-7-6-18(21-22-19)23-9-2-1-3-16(23)13-20-12-14-4-5-17-15(11-14)8-10-25-17/h4-7,11,16,20H,1-3,8-10,12-13H2,(H,22,24). The van der Waals surface area contributed by atoms with E-state index in [0.717, 1.165) is 50.7 Å². The summed E-state index contributed by atoms with van der Waals surface area (Å²) < 4.78 is 5.57. The van der Waals surface area contributed by atoms with Crippen LogP contribution < -0.4 is 20.5 Å². The highest BCUT2D eigenvalue weighted by molar-refractivity contribution is 5.40. The number of nitrogens with zero attached hydrogens (tertiary/aromatic N) is 2. The fourth-order valence-electron chi connectivity index (χ4n) is 3.74. The molecular weight excluding hydrogens is 316 g/mol. The van der Waals surface area contributed by atoms with Crippen molar-refractivity contribution in [2.75, 3.05) is 24.6 Å². The van der Waals surface area contributed by atoms with Crippen LogP contribution in [0.1, 0.15) is 30.4 Å². The molecule has 2 aliphatic heterocycles. The Kier molecular flexibility index (Phi) is 4.70. The maximum absolute atomic E-state index is 11.2. The van der Waals surface area contributed by atoms with E-state index >= 15 is 0 Å². The maximum Gasteiger partial charge on any atom is 0.264 e. The van der Waals surface area contributed by atoms with E-state index in [1.165, 1.54) is 24.0 Å². The fraction of sp³-hybridized carbons (Fsp3) is 0.474. The Morgan fingerprint density at radius 1 is 1.28 bits per heavy atom. The second-order valence-corrected chi connectivity index (χ2v) is 6.79. The first-order valence-electron chi connectivity index (χ1n) is 9.07. The number of aromatic amines is 1. The summed E-state index contributed by atoms with van der Waals surface area (Å²) >= 11 is 0. The topological polar surface area (TPSA) is 70.2 Å². The molecule has 0 aliphatic carbocycles. The number of piperidine rings is 1. The second kappa shape index (κ2) is 7.27.